The lowest BCUT2D eigenvalue weighted by Crippen LogP contribution is -2.11. The zero-order valence-electron chi connectivity index (χ0n) is 15.5. The van der Waals surface area contributed by atoms with Gasteiger partial charge in [-0.1, -0.05) is 6.07 Å². The van der Waals surface area contributed by atoms with E-state index >= 15 is 0 Å². The monoisotopic (exact) mass is 407 g/mol. The molecule has 0 atom stereocenters. The highest BCUT2D eigenvalue weighted by Gasteiger charge is 2.15. The van der Waals surface area contributed by atoms with Gasteiger partial charge in [0.25, 0.3) is 12.3 Å². The number of anilines is 1. The third kappa shape index (κ3) is 3.39. The van der Waals surface area contributed by atoms with Crippen LogP contribution in [0.5, 0.6) is 0 Å². The molecule has 1 amide bonds. The summed E-state index contributed by atoms with van der Waals surface area (Å²) < 4.78 is 29.2. The van der Waals surface area contributed by atoms with Gasteiger partial charge < -0.3 is 14.7 Å². The summed E-state index contributed by atoms with van der Waals surface area (Å²) in [5.74, 6) is -0.798. The van der Waals surface area contributed by atoms with Crippen molar-refractivity contribution in [2.24, 2.45) is 0 Å². The van der Waals surface area contributed by atoms with Crippen molar-refractivity contribution in [2.45, 2.75) is 13.0 Å². The summed E-state index contributed by atoms with van der Waals surface area (Å²) in [4.78, 5) is 23.4. The number of H-pyrrole nitrogens is 1. The van der Waals surface area contributed by atoms with Crippen molar-refractivity contribution in [3.05, 3.63) is 78.3 Å². The lowest BCUT2D eigenvalue weighted by molar-refractivity contribution is 0.102. The standard InChI is InChI=1S/C20H15F2N7O/c21-18(22)19-26-15-5-4-12(7-16(15)27-19)20(30)25-13-8-23-29(10-13)11-14-9-28-6-2-1-3-17(28)24-14/h1-10,18H,11H2,(H,25,30)(H,26,27). The minimum absolute atomic E-state index is 0.320. The van der Waals surface area contributed by atoms with Crippen LogP contribution in [0.3, 0.4) is 0 Å². The molecule has 0 saturated heterocycles. The Morgan fingerprint density at radius 2 is 2.07 bits per heavy atom. The molecule has 5 rings (SSSR count). The highest BCUT2D eigenvalue weighted by atomic mass is 19.3. The van der Waals surface area contributed by atoms with Gasteiger partial charge in [0, 0.05) is 24.2 Å². The van der Waals surface area contributed by atoms with Crippen LogP contribution in [0.4, 0.5) is 14.5 Å². The van der Waals surface area contributed by atoms with Crippen molar-refractivity contribution in [3.63, 3.8) is 0 Å². The van der Waals surface area contributed by atoms with Gasteiger partial charge in [0.1, 0.15) is 5.65 Å². The van der Waals surface area contributed by atoms with E-state index in [1.807, 2.05) is 35.0 Å². The fourth-order valence-electron chi connectivity index (χ4n) is 3.22. The molecule has 0 spiro atoms. The topological polar surface area (TPSA) is 92.9 Å². The number of fused-ring (bicyclic) bond motifs is 2. The Morgan fingerprint density at radius 3 is 2.90 bits per heavy atom. The molecule has 0 fully saturated rings. The lowest BCUT2D eigenvalue weighted by atomic mass is 10.2. The van der Waals surface area contributed by atoms with Crippen LogP contribution in [0.1, 0.15) is 28.3 Å². The molecule has 5 aromatic rings. The maximum atomic E-state index is 12.8. The minimum Gasteiger partial charge on any atom is -0.337 e. The molecule has 0 saturated carbocycles. The molecule has 1 aromatic carbocycles. The number of rotatable bonds is 5. The zero-order chi connectivity index (χ0) is 20.7. The van der Waals surface area contributed by atoms with Gasteiger partial charge in [-0.3, -0.25) is 9.48 Å². The van der Waals surface area contributed by atoms with E-state index in [0.717, 1.165) is 11.3 Å². The van der Waals surface area contributed by atoms with Crippen LogP contribution < -0.4 is 5.32 Å². The fraction of sp³-hybridized carbons (Fsp3) is 0.100. The van der Waals surface area contributed by atoms with Crippen LogP contribution in [0.25, 0.3) is 16.7 Å². The molecule has 10 heteroatoms. The molecule has 150 valence electrons. The molecule has 0 aliphatic heterocycles. The van der Waals surface area contributed by atoms with Gasteiger partial charge in [-0.25, -0.2) is 18.7 Å². The van der Waals surface area contributed by atoms with Crippen molar-refractivity contribution in [3.8, 4) is 0 Å². The van der Waals surface area contributed by atoms with Gasteiger partial charge in [0.2, 0.25) is 0 Å². The number of nitrogens with zero attached hydrogens (tertiary/aromatic N) is 5. The first-order valence-electron chi connectivity index (χ1n) is 9.09. The number of pyridine rings is 1. The number of aromatic amines is 1. The molecule has 0 aliphatic carbocycles. The predicted molar refractivity (Wildman–Crippen MR) is 106 cm³/mol. The first-order chi connectivity index (χ1) is 14.5. The van der Waals surface area contributed by atoms with Crippen LogP contribution in [0, 0.1) is 0 Å². The molecule has 0 aliphatic rings. The lowest BCUT2D eigenvalue weighted by Gasteiger charge is -2.02. The van der Waals surface area contributed by atoms with E-state index in [0.29, 0.717) is 28.8 Å². The predicted octanol–water partition coefficient (Wildman–Crippen LogP) is 3.65. The molecule has 2 N–H and O–H groups in total. The van der Waals surface area contributed by atoms with Crippen molar-refractivity contribution in [1.82, 2.24) is 29.1 Å². The van der Waals surface area contributed by atoms with E-state index in [-0.39, 0.29) is 5.91 Å². The summed E-state index contributed by atoms with van der Waals surface area (Å²) >= 11 is 0. The first-order valence-corrected chi connectivity index (χ1v) is 9.09. The summed E-state index contributed by atoms with van der Waals surface area (Å²) in [6, 6.07) is 10.3. The van der Waals surface area contributed by atoms with Crippen LogP contribution in [-0.2, 0) is 6.54 Å². The Hall–Kier alpha value is -4.08. The summed E-state index contributed by atoms with van der Waals surface area (Å²) in [6.45, 7) is 0.452. The van der Waals surface area contributed by atoms with Crippen molar-refractivity contribution < 1.29 is 13.6 Å². The van der Waals surface area contributed by atoms with Crippen LogP contribution in [0.2, 0.25) is 0 Å². The number of hydrogen-bond acceptors (Lipinski definition) is 4. The fourth-order valence-corrected chi connectivity index (χ4v) is 3.22. The number of carbonyl (C=O) groups excluding carboxylic acids is 1. The minimum atomic E-state index is -2.70. The summed E-state index contributed by atoms with van der Waals surface area (Å²) in [7, 11) is 0. The van der Waals surface area contributed by atoms with Gasteiger partial charge >= 0.3 is 0 Å². The molecular weight excluding hydrogens is 392 g/mol. The number of amides is 1. The maximum Gasteiger partial charge on any atom is 0.295 e. The molecule has 4 aromatic heterocycles. The number of hydrogen-bond donors (Lipinski definition) is 2. The summed E-state index contributed by atoms with van der Waals surface area (Å²) in [5, 5.41) is 7.01. The molecule has 0 radical (unpaired) electrons. The first kappa shape index (κ1) is 18.0. The third-order valence-corrected chi connectivity index (χ3v) is 4.60. The second kappa shape index (κ2) is 7.07. The van der Waals surface area contributed by atoms with Gasteiger partial charge in [0.15, 0.2) is 5.82 Å². The van der Waals surface area contributed by atoms with E-state index in [9.17, 15) is 13.6 Å². The van der Waals surface area contributed by atoms with E-state index in [2.05, 4.69) is 25.4 Å². The third-order valence-electron chi connectivity index (χ3n) is 4.60. The Balaban J connectivity index is 1.30. The Kier molecular flexibility index (Phi) is 4.24. The number of alkyl halides is 2. The average molecular weight is 407 g/mol. The molecule has 4 heterocycles. The number of halogens is 2. The molecule has 30 heavy (non-hydrogen) atoms. The highest BCUT2D eigenvalue weighted by Crippen LogP contribution is 2.21. The summed E-state index contributed by atoms with van der Waals surface area (Å²) in [5.41, 5.74) is 3.27. The number of nitrogens with one attached hydrogen (secondary N) is 2. The smallest absolute Gasteiger partial charge is 0.295 e. The van der Waals surface area contributed by atoms with Gasteiger partial charge in [-0.05, 0) is 30.3 Å². The SMILES string of the molecule is O=C(Nc1cnn(Cc2cn3ccccc3n2)c1)c1ccc2nc(C(F)F)[nH]c2c1. The van der Waals surface area contributed by atoms with Crippen molar-refractivity contribution in [2.75, 3.05) is 5.32 Å². The van der Waals surface area contributed by atoms with Gasteiger partial charge in [-0.15, -0.1) is 0 Å². The quantitative estimate of drug-likeness (QED) is 0.465. The van der Waals surface area contributed by atoms with E-state index < -0.39 is 12.2 Å². The molecule has 0 unspecified atom stereocenters. The van der Waals surface area contributed by atoms with Crippen molar-refractivity contribution >= 4 is 28.3 Å². The normalized spacial score (nSPS) is 11.6. The van der Waals surface area contributed by atoms with Gasteiger partial charge in [0.05, 0.1) is 35.2 Å². The second-order valence-corrected chi connectivity index (χ2v) is 6.73. The number of benzene rings is 1. The zero-order valence-corrected chi connectivity index (χ0v) is 15.5. The van der Waals surface area contributed by atoms with Crippen LogP contribution in [0.15, 0.2) is 61.2 Å². The Labute approximate surface area is 168 Å². The molecular formula is C20H15F2N7O. The van der Waals surface area contributed by atoms with Crippen LogP contribution in [-0.4, -0.2) is 35.0 Å². The Bertz CT molecular complexity index is 1340. The highest BCUT2D eigenvalue weighted by molar-refractivity contribution is 6.05. The average Bonchev–Trinajstić information content (AvgIpc) is 3.44. The van der Waals surface area contributed by atoms with E-state index in [4.69, 9.17) is 0 Å². The maximum absolute atomic E-state index is 12.8. The number of aromatic nitrogens is 6. The summed E-state index contributed by atoms with van der Waals surface area (Å²) in [6.07, 6.45) is 4.38. The van der Waals surface area contributed by atoms with Gasteiger partial charge in [-0.2, -0.15) is 5.10 Å². The molecule has 8 nitrogen and oxygen atoms in total. The van der Waals surface area contributed by atoms with Crippen LogP contribution >= 0.6 is 0 Å². The second-order valence-electron chi connectivity index (χ2n) is 6.73. The Morgan fingerprint density at radius 1 is 1.17 bits per heavy atom. The van der Waals surface area contributed by atoms with E-state index in [1.165, 1.54) is 24.4 Å². The largest absolute Gasteiger partial charge is 0.337 e. The number of imidazole rings is 2. The van der Waals surface area contributed by atoms with E-state index in [1.54, 1.807) is 10.9 Å². The number of carbonyl (C=O) groups is 1. The van der Waals surface area contributed by atoms with Crippen molar-refractivity contribution in [1.29, 1.82) is 0 Å². The molecule has 0 bridgehead atoms.